The second-order valence-electron chi connectivity index (χ2n) is 7.79. The monoisotopic (exact) mass is 401 g/mol. The van der Waals surface area contributed by atoms with Gasteiger partial charge in [-0.25, -0.2) is 4.39 Å². The van der Waals surface area contributed by atoms with Crippen molar-refractivity contribution in [3.8, 4) is 0 Å². The highest BCUT2D eigenvalue weighted by molar-refractivity contribution is 5.94. The van der Waals surface area contributed by atoms with E-state index in [0.717, 1.165) is 17.6 Å². The van der Waals surface area contributed by atoms with E-state index in [9.17, 15) is 14.0 Å². The number of carbonyl (C=O) groups is 2. The standard InChI is InChI=1S/C21H28FN5O2/c1-14-12-15(2)27(25-14)11-10-26(3)21(29)16-4-6-17(7-5-16)24-20(28)18-8-9-23-13-19(18)22/h8-9,12-13,16-17H,4-7,10-11H2,1-3H3,(H,24,28). The number of rotatable bonds is 6. The highest BCUT2D eigenvalue weighted by Crippen LogP contribution is 2.26. The van der Waals surface area contributed by atoms with Crippen LogP contribution in [0.4, 0.5) is 4.39 Å². The van der Waals surface area contributed by atoms with Crippen LogP contribution in [-0.4, -0.2) is 51.1 Å². The fourth-order valence-electron chi connectivity index (χ4n) is 3.88. The smallest absolute Gasteiger partial charge is 0.254 e. The molecule has 156 valence electrons. The second-order valence-corrected chi connectivity index (χ2v) is 7.79. The van der Waals surface area contributed by atoms with Crippen molar-refractivity contribution in [1.29, 1.82) is 0 Å². The van der Waals surface area contributed by atoms with Crippen molar-refractivity contribution in [2.75, 3.05) is 13.6 Å². The molecule has 29 heavy (non-hydrogen) atoms. The number of hydrogen-bond acceptors (Lipinski definition) is 4. The van der Waals surface area contributed by atoms with E-state index in [2.05, 4.69) is 15.4 Å². The molecule has 1 aliphatic carbocycles. The average Bonchev–Trinajstić information content (AvgIpc) is 3.03. The first kappa shape index (κ1) is 21.0. The van der Waals surface area contributed by atoms with E-state index < -0.39 is 11.7 Å². The van der Waals surface area contributed by atoms with E-state index in [1.165, 1.54) is 12.3 Å². The molecule has 8 heteroatoms. The fraction of sp³-hybridized carbons (Fsp3) is 0.524. The van der Waals surface area contributed by atoms with Gasteiger partial charge in [0, 0.05) is 37.4 Å². The van der Waals surface area contributed by atoms with E-state index in [1.54, 1.807) is 4.90 Å². The highest BCUT2D eigenvalue weighted by Gasteiger charge is 2.29. The first-order valence-corrected chi connectivity index (χ1v) is 10.0. The number of carbonyl (C=O) groups excluding carboxylic acids is 2. The van der Waals surface area contributed by atoms with E-state index in [4.69, 9.17) is 0 Å². The maximum atomic E-state index is 13.7. The van der Waals surface area contributed by atoms with E-state index in [-0.39, 0.29) is 23.4 Å². The minimum absolute atomic E-state index is 0.00193. The zero-order chi connectivity index (χ0) is 21.0. The third-order valence-corrected chi connectivity index (χ3v) is 5.56. The SMILES string of the molecule is Cc1cc(C)n(CCN(C)C(=O)C2CCC(NC(=O)c3ccncc3F)CC2)n1. The first-order chi connectivity index (χ1) is 13.8. The highest BCUT2D eigenvalue weighted by atomic mass is 19.1. The Morgan fingerprint density at radius 1 is 1.28 bits per heavy atom. The molecule has 0 aliphatic heterocycles. The molecule has 0 bridgehead atoms. The molecule has 2 amide bonds. The van der Waals surface area contributed by atoms with E-state index in [0.29, 0.717) is 38.8 Å². The molecule has 0 radical (unpaired) electrons. The molecule has 2 aromatic rings. The van der Waals surface area contributed by atoms with Crippen LogP contribution in [0.15, 0.2) is 24.5 Å². The first-order valence-electron chi connectivity index (χ1n) is 10.0. The van der Waals surface area contributed by atoms with Gasteiger partial charge in [0.25, 0.3) is 5.91 Å². The average molecular weight is 401 g/mol. The minimum Gasteiger partial charge on any atom is -0.349 e. The molecule has 1 fully saturated rings. The van der Waals surface area contributed by atoms with Gasteiger partial charge in [-0.2, -0.15) is 5.10 Å². The third kappa shape index (κ3) is 5.19. The van der Waals surface area contributed by atoms with Crippen LogP contribution < -0.4 is 5.32 Å². The Kier molecular flexibility index (Phi) is 6.61. The topological polar surface area (TPSA) is 80.1 Å². The maximum absolute atomic E-state index is 13.7. The Morgan fingerprint density at radius 3 is 2.62 bits per heavy atom. The van der Waals surface area contributed by atoms with Gasteiger partial charge >= 0.3 is 0 Å². The molecule has 2 heterocycles. The minimum atomic E-state index is -0.627. The summed E-state index contributed by atoms with van der Waals surface area (Å²) in [6, 6.07) is 3.35. The number of amides is 2. The lowest BCUT2D eigenvalue weighted by molar-refractivity contribution is -0.135. The molecule has 0 saturated heterocycles. The Balaban J connectivity index is 1.45. The molecule has 0 aromatic carbocycles. The van der Waals surface area contributed by atoms with Crippen molar-refractivity contribution < 1.29 is 14.0 Å². The van der Waals surface area contributed by atoms with Gasteiger partial charge in [-0.3, -0.25) is 19.3 Å². The Hall–Kier alpha value is -2.77. The lowest BCUT2D eigenvalue weighted by Gasteiger charge is -2.31. The van der Waals surface area contributed by atoms with Gasteiger partial charge in [-0.05, 0) is 51.7 Å². The predicted octanol–water partition coefficient (Wildman–Crippen LogP) is 2.48. The van der Waals surface area contributed by atoms with Gasteiger partial charge in [0.15, 0.2) is 5.82 Å². The molecule has 7 nitrogen and oxygen atoms in total. The lowest BCUT2D eigenvalue weighted by atomic mass is 9.85. The number of nitrogens with one attached hydrogen (secondary N) is 1. The number of halogens is 1. The molecule has 1 saturated carbocycles. The largest absolute Gasteiger partial charge is 0.349 e. The van der Waals surface area contributed by atoms with Crippen LogP contribution in [0.1, 0.15) is 47.4 Å². The Morgan fingerprint density at radius 2 is 2.00 bits per heavy atom. The summed E-state index contributed by atoms with van der Waals surface area (Å²) in [6.07, 6.45) is 5.28. The van der Waals surface area contributed by atoms with Gasteiger partial charge in [-0.1, -0.05) is 0 Å². The maximum Gasteiger partial charge on any atom is 0.254 e. The number of likely N-dealkylation sites (N-methyl/N-ethyl adjacent to an activating group) is 1. The van der Waals surface area contributed by atoms with Crippen LogP contribution >= 0.6 is 0 Å². The third-order valence-electron chi connectivity index (χ3n) is 5.56. The summed E-state index contributed by atoms with van der Waals surface area (Å²) in [5, 5.41) is 7.31. The number of nitrogens with zero attached hydrogens (tertiary/aromatic N) is 4. The molecule has 1 aliphatic rings. The van der Waals surface area contributed by atoms with Crippen molar-refractivity contribution >= 4 is 11.8 Å². The van der Waals surface area contributed by atoms with Gasteiger partial charge in [0.05, 0.1) is 24.0 Å². The second kappa shape index (κ2) is 9.15. The van der Waals surface area contributed by atoms with Crippen LogP contribution in [0, 0.1) is 25.6 Å². The van der Waals surface area contributed by atoms with Gasteiger partial charge in [0.2, 0.25) is 5.91 Å². The van der Waals surface area contributed by atoms with Gasteiger partial charge in [0.1, 0.15) is 0 Å². The Bertz CT molecular complexity index is 874. The van der Waals surface area contributed by atoms with Crippen LogP contribution in [-0.2, 0) is 11.3 Å². The summed E-state index contributed by atoms with van der Waals surface area (Å²) < 4.78 is 15.6. The normalized spacial score (nSPS) is 19.0. The number of aryl methyl sites for hydroxylation is 2. The molecular formula is C21H28FN5O2. The summed E-state index contributed by atoms with van der Waals surface area (Å²) in [7, 11) is 1.83. The van der Waals surface area contributed by atoms with Crippen molar-refractivity contribution in [3.05, 3.63) is 47.3 Å². The molecule has 1 N–H and O–H groups in total. The van der Waals surface area contributed by atoms with Gasteiger partial charge in [-0.15, -0.1) is 0 Å². The zero-order valence-corrected chi connectivity index (χ0v) is 17.2. The summed E-state index contributed by atoms with van der Waals surface area (Å²) in [5.74, 6) is -0.956. The fourth-order valence-corrected chi connectivity index (χ4v) is 3.88. The quantitative estimate of drug-likeness (QED) is 0.806. The molecule has 3 rings (SSSR count). The molecular weight excluding hydrogens is 373 g/mol. The molecule has 0 spiro atoms. The number of pyridine rings is 1. The van der Waals surface area contributed by atoms with E-state index >= 15 is 0 Å². The van der Waals surface area contributed by atoms with Crippen LogP contribution in [0.3, 0.4) is 0 Å². The predicted molar refractivity (Wildman–Crippen MR) is 107 cm³/mol. The molecule has 2 aromatic heterocycles. The van der Waals surface area contributed by atoms with Crippen LogP contribution in [0.5, 0.6) is 0 Å². The lowest BCUT2D eigenvalue weighted by Crippen LogP contribution is -2.42. The zero-order valence-electron chi connectivity index (χ0n) is 17.2. The van der Waals surface area contributed by atoms with Crippen molar-refractivity contribution in [2.24, 2.45) is 5.92 Å². The van der Waals surface area contributed by atoms with Crippen molar-refractivity contribution in [1.82, 2.24) is 25.0 Å². The molecule has 0 unspecified atom stereocenters. The van der Waals surface area contributed by atoms with Crippen molar-refractivity contribution in [2.45, 2.75) is 52.1 Å². The summed E-state index contributed by atoms with van der Waals surface area (Å²) in [6.45, 7) is 5.25. The summed E-state index contributed by atoms with van der Waals surface area (Å²) in [5.41, 5.74) is 2.07. The summed E-state index contributed by atoms with van der Waals surface area (Å²) >= 11 is 0. The van der Waals surface area contributed by atoms with Gasteiger partial charge < -0.3 is 10.2 Å². The number of hydrogen-bond donors (Lipinski definition) is 1. The number of aromatic nitrogens is 3. The van der Waals surface area contributed by atoms with Crippen LogP contribution in [0.25, 0.3) is 0 Å². The van der Waals surface area contributed by atoms with E-state index in [1.807, 2.05) is 31.6 Å². The van der Waals surface area contributed by atoms with Crippen molar-refractivity contribution in [3.63, 3.8) is 0 Å². The summed E-state index contributed by atoms with van der Waals surface area (Å²) in [4.78, 5) is 30.4. The molecule has 0 atom stereocenters. The van der Waals surface area contributed by atoms with Crippen LogP contribution in [0.2, 0.25) is 0 Å². The Labute approximate surface area is 170 Å².